The molecule has 0 aliphatic heterocycles. The first kappa shape index (κ1) is 10.5. The second-order valence-electron chi connectivity index (χ2n) is 3.47. The van der Waals surface area contributed by atoms with Crippen LogP contribution in [0.2, 0.25) is 0 Å². The second kappa shape index (κ2) is 4.07. The van der Waals surface area contributed by atoms with Crippen molar-refractivity contribution in [2.45, 2.75) is 32.0 Å². The molecule has 0 aromatic carbocycles. The smallest absolute Gasteiger partial charge is 0.113 e. The highest BCUT2D eigenvalue weighted by atomic mass is 16.5. The lowest BCUT2D eigenvalue weighted by Crippen LogP contribution is -2.41. The Morgan fingerprint density at radius 1 is 1.46 bits per heavy atom. The third-order valence-corrected chi connectivity index (χ3v) is 2.66. The fraction of sp³-hybridized carbons (Fsp3) is 0.636. The molecule has 1 aliphatic rings. The molecule has 74 valence electrons. The van der Waals surface area contributed by atoms with Crippen LogP contribution in [0.25, 0.3) is 0 Å². The van der Waals surface area contributed by atoms with E-state index in [4.69, 9.17) is 9.47 Å². The molecule has 0 saturated heterocycles. The maximum Gasteiger partial charge on any atom is 0.113 e. The fourth-order valence-electron chi connectivity index (χ4n) is 1.50. The molecule has 2 nitrogen and oxygen atoms in total. The zero-order valence-electron chi connectivity index (χ0n) is 8.83. The van der Waals surface area contributed by atoms with Crippen molar-refractivity contribution in [1.29, 1.82) is 0 Å². The zero-order chi connectivity index (χ0) is 9.90. The molecule has 2 atom stereocenters. The van der Waals surface area contributed by atoms with Crippen LogP contribution in [-0.4, -0.2) is 25.9 Å². The van der Waals surface area contributed by atoms with Crippen LogP contribution in [0.4, 0.5) is 0 Å². The van der Waals surface area contributed by atoms with Crippen molar-refractivity contribution in [2.75, 3.05) is 14.2 Å². The Hall–Kier alpha value is -0.600. The van der Waals surface area contributed by atoms with Gasteiger partial charge in [0, 0.05) is 14.2 Å². The average Bonchev–Trinajstić information content (AvgIpc) is 2.18. The summed E-state index contributed by atoms with van der Waals surface area (Å²) < 4.78 is 10.8. The van der Waals surface area contributed by atoms with Gasteiger partial charge in [-0.25, -0.2) is 0 Å². The predicted octanol–water partition coefficient (Wildman–Crippen LogP) is 2.31. The molecule has 0 amide bonds. The Kier molecular flexibility index (Phi) is 3.28. The Bertz CT molecular complexity index is 230. The lowest BCUT2D eigenvalue weighted by molar-refractivity contribution is -0.0547. The van der Waals surface area contributed by atoms with Gasteiger partial charge >= 0.3 is 0 Å². The molecule has 0 aromatic rings. The molecule has 0 heterocycles. The fourth-order valence-corrected chi connectivity index (χ4v) is 1.50. The van der Waals surface area contributed by atoms with Gasteiger partial charge in [0.1, 0.15) is 11.7 Å². The molecule has 13 heavy (non-hydrogen) atoms. The van der Waals surface area contributed by atoms with E-state index in [0.29, 0.717) is 0 Å². The Morgan fingerprint density at radius 2 is 2.15 bits per heavy atom. The minimum absolute atomic E-state index is 0.0254. The van der Waals surface area contributed by atoms with E-state index in [2.05, 4.69) is 25.2 Å². The third kappa shape index (κ3) is 2.01. The number of ether oxygens (including phenoxy) is 2. The molecule has 0 N–H and O–H groups in total. The quantitative estimate of drug-likeness (QED) is 0.667. The summed E-state index contributed by atoms with van der Waals surface area (Å²) in [5.74, 6) is 0. The molecule has 0 aromatic heterocycles. The van der Waals surface area contributed by atoms with Gasteiger partial charge < -0.3 is 9.47 Å². The van der Waals surface area contributed by atoms with Crippen LogP contribution in [-0.2, 0) is 9.47 Å². The summed E-state index contributed by atoms with van der Waals surface area (Å²) in [6.07, 6.45) is 7.37. The van der Waals surface area contributed by atoms with Crippen molar-refractivity contribution in [3.05, 3.63) is 23.8 Å². The summed E-state index contributed by atoms with van der Waals surface area (Å²) in [6, 6.07) is 0. The van der Waals surface area contributed by atoms with Gasteiger partial charge in [-0.1, -0.05) is 13.0 Å². The van der Waals surface area contributed by atoms with Crippen LogP contribution in [0.3, 0.4) is 0 Å². The van der Waals surface area contributed by atoms with Gasteiger partial charge in [0.25, 0.3) is 0 Å². The van der Waals surface area contributed by atoms with E-state index < -0.39 is 0 Å². The van der Waals surface area contributed by atoms with Crippen molar-refractivity contribution in [2.24, 2.45) is 0 Å². The van der Waals surface area contributed by atoms with E-state index >= 15 is 0 Å². The first-order chi connectivity index (χ1) is 6.16. The number of methoxy groups -OCH3 is 2. The van der Waals surface area contributed by atoms with Gasteiger partial charge in [-0.2, -0.15) is 0 Å². The molecule has 0 bridgehead atoms. The van der Waals surface area contributed by atoms with E-state index in [-0.39, 0.29) is 11.7 Å². The van der Waals surface area contributed by atoms with Crippen LogP contribution < -0.4 is 0 Å². The molecule has 0 radical (unpaired) electrons. The van der Waals surface area contributed by atoms with Crippen molar-refractivity contribution in [3.8, 4) is 0 Å². The highest BCUT2D eigenvalue weighted by Gasteiger charge is 2.32. The summed E-state index contributed by atoms with van der Waals surface area (Å²) in [7, 11) is 3.42. The highest BCUT2D eigenvalue weighted by molar-refractivity contribution is 5.30. The SMILES string of the molecule is CCC1=CC(OC)C(C)(OC)C=C1. The lowest BCUT2D eigenvalue weighted by atomic mass is 9.90. The lowest BCUT2D eigenvalue weighted by Gasteiger charge is -2.33. The first-order valence-corrected chi connectivity index (χ1v) is 4.64. The Morgan fingerprint density at radius 3 is 2.62 bits per heavy atom. The van der Waals surface area contributed by atoms with Gasteiger partial charge in [-0.15, -0.1) is 0 Å². The Balaban J connectivity index is 2.85. The molecular formula is C11H18O2. The van der Waals surface area contributed by atoms with Crippen LogP contribution >= 0.6 is 0 Å². The summed E-state index contributed by atoms with van der Waals surface area (Å²) >= 11 is 0. The first-order valence-electron chi connectivity index (χ1n) is 4.64. The van der Waals surface area contributed by atoms with Crippen molar-refractivity contribution < 1.29 is 9.47 Å². The van der Waals surface area contributed by atoms with Gasteiger partial charge in [-0.05, 0) is 31.1 Å². The maximum absolute atomic E-state index is 5.42. The predicted molar refractivity (Wildman–Crippen MR) is 53.7 cm³/mol. The summed E-state index contributed by atoms with van der Waals surface area (Å²) in [5, 5.41) is 0. The maximum atomic E-state index is 5.42. The van der Waals surface area contributed by atoms with E-state index in [0.717, 1.165) is 6.42 Å². The van der Waals surface area contributed by atoms with E-state index in [9.17, 15) is 0 Å². The zero-order valence-corrected chi connectivity index (χ0v) is 8.83. The Labute approximate surface area is 80.2 Å². The topological polar surface area (TPSA) is 18.5 Å². The summed E-state index contributed by atoms with van der Waals surface area (Å²) in [6.45, 7) is 4.17. The van der Waals surface area contributed by atoms with Crippen LogP contribution in [0.15, 0.2) is 23.8 Å². The van der Waals surface area contributed by atoms with Gasteiger partial charge in [0.05, 0.1) is 0 Å². The molecule has 1 rings (SSSR count). The number of hydrogen-bond acceptors (Lipinski definition) is 2. The molecule has 0 spiro atoms. The van der Waals surface area contributed by atoms with Crippen LogP contribution in [0.5, 0.6) is 0 Å². The average molecular weight is 182 g/mol. The summed E-state index contributed by atoms with van der Waals surface area (Å²) in [4.78, 5) is 0. The van der Waals surface area contributed by atoms with Crippen molar-refractivity contribution >= 4 is 0 Å². The molecule has 0 saturated carbocycles. The minimum atomic E-state index is -0.312. The van der Waals surface area contributed by atoms with Gasteiger partial charge in [-0.3, -0.25) is 0 Å². The number of rotatable bonds is 3. The highest BCUT2D eigenvalue weighted by Crippen LogP contribution is 2.27. The van der Waals surface area contributed by atoms with E-state index in [1.165, 1.54) is 5.57 Å². The molecular weight excluding hydrogens is 164 g/mol. The molecule has 2 heteroatoms. The van der Waals surface area contributed by atoms with E-state index in [1.54, 1.807) is 14.2 Å². The van der Waals surface area contributed by atoms with Crippen molar-refractivity contribution in [1.82, 2.24) is 0 Å². The van der Waals surface area contributed by atoms with Crippen molar-refractivity contribution in [3.63, 3.8) is 0 Å². The largest absolute Gasteiger partial charge is 0.374 e. The molecule has 1 aliphatic carbocycles. The number of hydrogen-bond donors (Lipinski definition) is 0. The third-order valence-electron chi connectivity index (χ3n) is 2.66. The van der Waals surface area contributed by atoms with Crippen LogP contribution in [0, 0.1) is 0 Å². The minimum Gasteiger partial charge on any atom is -0.374 e. The molecule has 0 fully saturated rings. The monoisotopic (exact) mass is 182 g/mol. The van der Waals surface area contributed by atoms with Gasteiger partial charge in [0.2, 0.25) is 0 Å². The number of allylic oxidation sites excluding steroid dienone is 2. The normalized spacial score (nSPS) is 33.2. The standard InChI is InChI=1S/C11H18O2/c1-5-9-6-7-11(2,13-4)10(8-9)12-3/h6-8,10H,5H2,1-4H3. The second-order valence-corrected chi connectivity index (χ2v) is 3.47. The summed E-state index contributed by atoms with van der Waals surface area (Å²) in [5.41, 5.74) is 0.995. The van der Waals surface area contributed by atoms with Crippen LogP contribution in [0.1, 0.15) is 20.3 Å². The van der Waals surface area contributed by atoms with Gasteiger partial charge in [0.15, 0.2) is 0 Å². The molecule has 2 unspecified atom stereocenters. The van der Waals surface area contributed by atoms with E-state index in [1.807, 2.05) is 6.92 Å².